The molecule has 2 unspecified atom stereocenters. The van der Waals surface area contributed by atoms with E-state index in [2.05, 4.69) is 55.5 Å². The number of benzene rings is 3. The first-order chi connectivity index (χ1) is 14.0. The molecule has 0 aromatic heterocycles. The molecule has 3 aromatic carbocycles. The minimum absolute atomic E-state index is 0.0143. The summed E-state index contributed by atoms with van der Waals surface area (Å²) in [5.74, 6) is -0.193. The number of hydrogen-bond donors (Lipinski definition) is 0. The van der Waals surface area contributed by atoms with Crippen molar-refractivity contribution in [2.45, 2.75) is 23.6 Å². The first kappa shape index (κ1) is 18.0. The number of thiol groups is 1. The van der Waals surface area contributed by atoms with E-state index in [1.807, 2.05) is 24.3 Å². The normalized spacial score (nSPS) is 19.4. The average molecular weight is 398 g/mol. The molecule has 3 heteroatoms. The van der Waals surface area contributed by atoms with Gasteiger partial charge in [0.1, 0.15) is 20.6 Å². The largest absolute Gasteiger partial charge is 0.295 e. The molecule has 0 N–H and O–H groups in total. The lowest BCUT2D eigenvalue weighted by molar-refractivity contribution is 0.0975. The van der Waals surface area contributed by atoms with Gasteiger partial charge < -0.3 is 0 Å². The first-order valence-electron chi connectivity index (χ1n) is 9.74. The van der Waals surface area contributed by atoms with E-state index < -0.39 is 10.5 Å². The van der Waals surface area contributed by atoms with E-state index in [0.717, 1.165) is 15.3 Å². The highest BCUT2D eigenvalue weighted by atomic mass is 32.2. The Bertz CT molecular complexity index is 1340. The van der Waals surface area contributed by atoms with E-state index in [1.165, 1.54) is 15.3 Å². The van der Waals surface area contributed by atoms with Crippen molar-refractivity contribution in [1.29, 1.82) is 0 Å². The number of rotatable bonds is 2. The molecular weight excluding hydrogens is 376 g/mol. The zero-order valence-electron chi connectivity index (χ0n) is 16.3. The number of hydrogen-bond acceptors (Lipinski definition) is 2. The molecule has 1 aliphatic heterocycles. The summed E-state index contributed by atoms with van der Waals surface area (Å²) >= 11 is 0. The van der Waals surface area contributed by atoms with Crippen LogP contribution in [0.3, 0.4) is 0 Å². The summed E-state index contributed by atoms with van der Waals surface area (Å²) in [7, 11) is -0.838. The Morgan fingerprint density at radius 3 is 2.38 bits per heavy atom. The second kappa shape index (κ2) is 6.78. The summed E-state index contributed by atoms with van der Waals surface area (Å²) in [6.45, 7) is 3.63. The van der Waals surface area contributed by atoms with Gasteiger partial charge in [0.25, 0.3) is 0 Å². The van der Waals surface area contributed by atoms with Gasteiger partial charge >= 0.3 is 0 Å². The lowest BCUT2D eigenvalue weighted by Gasteiger charge is -2.24. The minimum Gasteiger partial charge on any atom is -0.295 e. The van der Waals surface area contributed by atoms with Crippen LogP contribution in [0, 0.1) is 12.8 Å². The van der Waals surface area contributed by atoms with Crippen molar-refractivity contribution in [3.05, 3.63) is 93.9 Å². The maximum Gasteiger partial charge on any atom is 0.183 e. The minimum atomic E-state index is -0.838. The monoisotopic (exact) mass is 397 g/mol. The van der Waals surface area contributed by atoms with Gasteiger partial charge in [-0.2, -0.15) is 0 Å². The van der Waals surface area contributed by atoms with Gasteiger partial charge in [0.2, 0.25) is 0 Å². The predicted molar refractivity (Wildman–Crippen MR) is 120 cm³/mol. The topological polar surface area (TPSA) is 34.1 Å². The van der Waals surface area contributed by atoms with Crippen molar-refractivity contribution in [3.8, 4) is 0 Å². The van der Waals surface area contributed by atoms with Gasteiger partial charge in [0.05, 0.1) is 5.56 Å². The van der Waals surface area contributed by atoms with Gasteiger partial charge in [0.15, 0.2) is 11.6 Å². The van der Waals surface area contributed by atoms with Gasteiger partial charge in [0, 0.05) is 5.56 Å². The Hall–Kier alpha value is -3.04. The molecule has 2 aliphatic rings. The van der Waals surface area contributed by atoms with Crippen LogP contribution in [-0.2, 0) is 10.5 Å². The highest BCUT2D eigenvalue weighted by Crippen LogP contribution is 2.33. The second-order valence-corrected chi connectivity index (χ2v) is 9.85. The Morgan fingerprint density at radius 2 is 1.66 bits per heavy atom. The van der Waals surface area contributed by atoms with Gasteiger partial charge in [-0.15, -0.1) is 0 Å². The van der Waals surface area contributed by atoms with E-state index in [-0.39, 0.29) is 17.5 Å². The third-order valence-corrected chi connectivity index (χ3v) is 8.32. The molecule has 0 saturated heterocycles. The Kier molecular flexibility index (Phi) is 4.21. The quantitative estimate of drug-likeness (QED) is 0.288. The van der Waals surface area contributed by atoms with Crippen LogP contribution in [0.1, 0.15) is 33.2 Å². The Balaban J connectivity index is 1.87. The van der Waals surface area contributed by atoms with Crippen LogP contribution in [0.25, 0.3) is 12.2 Å². The highest BCUT2D eigenvalue weighted by Gasteiger charge is 2.38. The van der Waals surface area contributed by atoms with E-state index in [0.29, 0.717) is 11.1 Å². The van der Waals surface area contributed by atoms with Crippen molar-refractivity contribution >= 4 is 39.1 Å². The number of carbonyl (C=O) groups is 2. The lowest BCUT2D eigenvalue weighted by Crippen LogP contribution is -2.40. The van der Waals surface area contributed by atoms with Crippen molar-refractivity contribution in [1.82, 2.24) is 0 Å². The number of carbonyl (C=O) groups excluding carboxylic acids is 2. The van der Waals surface area contributed by atoms with Gasteiger partial charge in [-0.25, -0.2) is 0 Å². The summed E-state index contributed by atoms with van der Waals surface area (Å²) in [5, 5.41) is 2.26. The van der Waals surface area contributed by atoms with Crippen molar-refractivity contribution < 1.29 is 9.59 Å². The van der Waals surface area contributed by atoms with Crippen LogP contribution < -0.4 is 10.4 Å². The van der Waals surface area contributed by atoms with Crippen LogP contribution in [0.4, 0.5) is 0 Å². The van der Waals surface area contributed by atoms with E-state index in [4.69, 9.17) is 0 Å². The summed E-state index contributed by atoms with van der Waals surface area (Å²) in [5.41, 5.74) is 2.51. The predicted octanol–water partition coefficient (Wildman–Crippen LogP) is 3.23. The molecule has 0 bridgehead atoms. The molecule has 5 rings (SSSR count). The third kappa shape index (κ3) is 2.93. The Labute approximate surface area is 172 Å². The molecule has 0 fully saturated rings. The number of ketones is 2. The molecule has 0 amide bonds. The average Bonchev–Trinajstić information content (AvgIpc) is 2.74. The molecule has 0 saturated carbocycles. The first-order valence-corrected chi connectivity index (χ1v) is 11.1. The summed E-state index contributed by atoms with van der Waals surface area (Å²) in [6.07, 6.45) is 4.31. The smallest absolute Gasteiger partial charge is 0.183 e. The standard InChI is InChI=1S/C26H20O2S/c1-16-7-10-21(11-8-16)29-24-12-9-18(17(2)27)13-22(24)26(28)23-14-19-5-3-4-6-20(19)15-25(23)29/h3-15,23H,1-2H3/p+1. The van der Waals surface area contributed by atoms with Crippen LogP contribution in [0.2, 0.25) is 0 Å². The molecule has 3 aromatic rings. The fourth-order valence-electron chi connectivity index (χ4n) is 4.16. The summed E-state index contributed by atoms with van der Waals surface area (Å²) in [4.78, 5) is 28.9. The molecule has 0 radical (unpaired) electrons. The molecule has 2 nitrogen and oxygen atoms in total. The molecule has 1 aliphatic carbocycles. The van der Waals surface area contributed by atoms with Gasteiger partial charge in [-0.3, -0.25) is 9.59 Å². The van der Waals surface area contributed by atoms with E-state index in [1.54, 1.807) is 13.0 Å². The van der Waals surface area contributed by atoms with Crippen LogP contribution >= 0.6 is 0 Å². The maximum absolute atomic E-state index is 13.5. The van der Waals surface area contributed by atoms with E-state index in [9.17, 15) is 9.59 Å². The third-order valence-electron chi connectivity index (χ3n) is 5.71. The number of Topliss-reactive ketones (excluding diaryl/α,β-unsaturated/α-hetero) is 2. The molecule has 0 spiro atoms. The van der Waals surface area contributed by atoms with Crippen LogP contribution in [-0.4, -0.2) is 16.4 Å². The molecule has 2 atom stereocenters. The van der Waals surface area contributed by atoms with Crippen molar-refractivity contribution in [3.63, 3.8) is 0 Å². The van der Waals surface area contributed by atoms with Crippen LogP contribution in [0.15, 0.2) is 76.5 Å². The SMILES string of the molecule is CC(=O)c1ccc2c(c1)C(=O)C1C=c3ccccc3=CC1=[SH+]2c1ccc(C)cc1. The zero-order valence-corrected chi connectivity index (χ0v) is 17.2. The summed E-state index contributed by atoms with van der Waals surface area (Å²) < 4.78 is 0. The fourth-order valence-corrected chi connectivity index (χ4v) is 6.84. The maximum atomic E-state index is 13.5. The fraction of sp³-hybridized carbons (Fsp3) is 0.115. The number of fused-ring (bicyclic) bond motifs is 3. The lowest BCUT2D eigenvalue weighted by atomic mass is 9.88. The molecule has 142 valence electrons. The zero-order chi connectivity index (χ0) is 20.1. The van der Waals surface area contributed by atoms with Crippen molar-refractivity contribution in [2.24, 2.45) is 5.92 Å². The van der Waals surface area contributed by atoms with Gasteiger partial charge in [-0.1, -0.05) is 58.5 Å². The van der Waals surface area contributed by atoms with E-state index >= 15 is 0 Å². The Morgan fingerprint density at radius 1 is 0.931 bits per heavy atom. The molecular formula is C26H21O2S+. The molecule has 29 heavy (non-hydrogen) atoms. The molecule has 1 heterocycles. The van der Waals surface area contributed by atoms with Gasteiger partial charge in [-0.05, 0) is 60.7 Å². The second-order valence-electron chi connectivity index (χ2n) is 7.67. The summed E-state index contributed by atoms with van der Waals surface area (Å²) in [6, 6.07) is 22.5. The number of aryl methyl sites for hydroxylation is 1. The van der Waals surface area contributed by atoms with Crippen LogP contribution in [0.5, 0.6) is 0 Å². The highest BCUT2D eigenvalue weighted by molar-refractivity contribution is 7.97. The van der Waals surface area contributed by atoms with Crippen molar-refractivity contribution in [2.75, 3.05) is 0 Å².